The van der Waals surface area contributed by atoms with Crippen LogP contribution in [0.15, 0.2) is 60.7 Å². The van der Waals surface area contributed by atoms with Crippen molar-refractivity contribution in [3.8, 4) is 0 Å². The van der Waals surface area contributed by atoms with Crippen LogP contribution in [0.5, 0.6) is 0 Å². The Hall–Kier alpha value is -2.82. The van der Waals surface area contributed by atoms with E-state index in [-0.39, 0.29) is 5.91 Å². The normalized spacial score (nSPS) is 12.2. The number of amides is 2. The molecule has 0 radical (unpaired) electrons. The molecule has 0 heterocycles. The number of hydrogen-bond acceptors (Lipinski definition) is 3. The maximum absolute atomic E-state index is 13.0. The molecule has 1 atom stereocenters. The Labute approximate surface area is 155 Å². The van der Waals surface area contributed by atoms with Crippen molar-refractivity contribution < 1.29 is 14.3 Å². The molecule has 0 fully saturated rings. The number of rotatable bonds is 5. The Kier molecular flexibility index (Phi) is 6.39. The lowest BCUT2D eigenvalue weighted by Crippen LogP contribution is -2.48. The first-order valence-electron chi connectivity index (χ1n) is 8.66. The third-order valence-corrected chi connectivity index (χ3v) is 3.62. The van der Waals surface area contributed by atoms with Crippen LogP contribution in [0.1, 0.15) is 33.3 Å². The molecular formula is C21H26N2O3. The zero-order valence-corrected chi connectivity index (χ0v) is 15.7. The van der Waals surface area contributed by atoms with Gasteiger partial charge in [0.2, 0.25) is 5.91 Å². The molecule has 5 nitrogen and oxygen atoms in total. The number of ether oxygens (including phenoxy) is 1. The van der Waals surface area contributed by atoms with Gasteiger partial charge >= 0.3 is 6.09 Å². The highest BCUT2D eigenvalue weighted by molar-refractivity contribution is 5.98. The molecule has 0 bridgehead atoms. The average molecular weight is 354 g/mol. The van der Waals surface area contributed by atoms with Crippen molar-refractivity contribution in [3.05, 3.63) is 66.2 Å². The van der Waals surface area contributed by atoms with Gasteiger partial charge in [0.15, 0.2) is 0 Å². The van der Waals surface area contributed by atoms with E-state index in [1.54, 1.807) is 32.6 Å². The highest BCUT2D eigenvalue weighted by atomic mass is 16.6. The smallest absolute Gasteiger partial charge is 0.408 e. The fourth-order valence-corrected chi connectivity index (χ4v) is 2.45. The van der Waals surface area contributed by atoms with E-state index in [2.05, 4.69) is 5.32 Å². The van der Waals surface area contributed by atoms with Crippen LogP contribution < -0.4 is 10.2 Å². The number of anilines is 1. The van der Waals surface area contributed by atoms with E-state index in [1.807, 2.05) is 60.7 Å². The second-order valence-electron chi connectivity index (χ2n) is 7.11. The van der Waals surface area contributed by atoms with Crippen molar-refractivity contribution >= 4 is 17.7 Å². The molecule has 26 heavy (non-hydrogen) atoms. The van der Waals surface area contributed by atoms with E-state index in [9.17, 15) is 9.59 Å². The second-order valence-corrected chi connectivity index (χ2v) is 7.11. The predicted octanol–water partition coefficient (Wildman–Crippen LogP) is 4.13. The van der Waals surface area contributed by atoms with Crippen LogP contribution in [0, 0.1) is 0 Å². The monoisotopic (exact) mass is 354 g/mol. The summed E-state index contributed by atoms with van der Waals surface area (Å²) >= 11 is 0. The minimum absolute atomic E-state index is 0.203. The molecule has 2 rings (SSSR count). The molecule has 0 aliphatic carbocycles. The number of nitrogens with zero attached hydrogens (tertiary/aromatic N) is 1. The quantitative estimate of drug-likeness (QED) is 0.878. The zero-order chi connectivity index (χ0) is 19.2. The van der Waals surface area contributed by atoms with Gasteiger partial charge < -0.3 is 15.0 Å². The average Bonchev–Trinajstić information content (AvgIpc) is 2.59. The molecule has 1 unspecified atom stereocenters. The van der Waals surface area contributed by atoms with E-state index in [4.69, 9.17) is 4.74 Å². The van der Waals surface area contributed by atoms with Crippen LogP contribution in [-0.2, 0) is 16.1 Å². The van der Waals surface area contributed by atoms with E-state index in [0.29, 0.717) is 6.54 Å². The number of alkyl carbamates (subject to hydrolysis) is 1. The fourth-order valence-electron chi connectivity index (χ4n) is 2.45. The van der Waals surface area contributed by atoms with E-state index in [1.165, 1.54) is 0 Å². The molecule has 2 aromatic rings. The summed E-state index contributed by atoms with van der Waals surface area (Å²) in [6, 6.07) is 18.4. The first-order chi connectivity index (χ1) is 12.3. The number of nitrogens with one attached hydrogen (secondary N) is 1. The summed E-state index contributed by atoms with van der Waals surface area (Å²) in [5.74, 6) is -0.203. The van der Waals surface area contributed by atoms with Crippen molar-refractivity contribution in [2.24, 2.45) is 0 Å². The summed E-state index contributed by atoms with van der Waals surface area (Å²) in [6.45, 7) is 7.43. The predicted molar refractivity (Wildman–Crippen MR) is 103 cm³/mol. The third kappa shape index (κ3) is 5.92. The summed E-state index contributed by atoms with van der Waals surface area (Å²) in [7, 11) is 0. The second kappa shape index (κ2) is 8.52. The van der Waals surface area contributed by atoms with Crippen molar-refractivity contribution in [3.63, 3.8) is 0 Å². The van der Waals surface area contributed by atoms with Gasteiger partial charge in [-0.05, 0) is 45.4 Å². The van der Waals surface area contributed by atoms with Gasteiger partial charge in [-0.25, -0.2) is 4.79 Å². The summed E-state index contributed by atoms with van der Waals surface area (Å²) in [6.07, 6.45) is -0.605. The van der Waals surface area contributed by atoms with Gasteiger partial charge in [-0.15, -0.1) is 0 Å². The minimum atomic E-state index is -0.714. The van der Waals surface area contributed by atoms with E-state index >= 15 is 0 Å². The van der Waals surface area contributed by atoms with Crippen molar-refractivity contribution in [2.45, 2.75) is 45.9 Å². The van der Waals surface area contributed by atoms with Gasteiger partial charge in [-0.1, -0.05) is 48.5 Å². The first kappa shape index (κ1) is 19.5. The zero-order valence-electron chi connectivity index (χ0n) is 15.7. The molecule has 0 spiro atoms. The van der Waals surface area contributed by atoms with Crippen LogP contribution in [-0.4, -0.2) is 23.6 Å². The van der Waals surface area contributed by atoms with Gasteiger partial charge in [0.1, 0.15) is 11.6 Å². The van der Waals surface area contributed by atoms with Crippen molar-refractivity contribution in [1.82, 2.24) is 5.32 Å². The number of carbonyl (C=O) groups excluding carboxylic acids is 2. The lowest BCUT2D eigenvalue weighted by Gasteiger charge is -2.27. The van der Waals surface area contributed by atoms with Crippen LogP contribution in [0.25, 0.3) is 0 Å². The van der Waals surface area contributed by atoms with Gasteiger partial charge in [0.25, 0.3) is 0 Å². The fraction of sp³-hybridized carbons (Fsp3) is 0.333. The number of carbonyl (C=O) groups is 2. The van der Waals surface area contributed by atoms with Crippen LogP contribution >= 0.6 is 0 Å². The number of hydrogen-bond donors (Lipinski definition) is 1. The van der Waals surface area contributed by atoms with Gasteiger partial charge in [0, 0.05) is 5.69 Å². The molecule has 0 aliphatic rings. The van der Waals surface area contributed by atoms with Crippen LogP contribution in [0.4, 0.5) is 10.5 Å². The Morgan fingerprint density at radius 2 is 1.54 bits per heavy atom. The van der Waals surface area contributed by atoms with Crippen molar-refractivity contribution in [1.29, 1.82) is 0 Å². The van der Waals surface area contributed by atoms with Gasteiger partial charge in [0.05, 0.1) is 6.54 Å². The Morgan fingerprint density at radius 1 is 1.00 bits per heavy atom. The molecule has 5 heteroatoms. The summed E-state index contributed by atoms with van der Waals surface area (Å²) < 4.78 is 5.24. The molecule has 2 aromatic carbocycles. The van der Waals surface area contributed by atoms with E-state index < -0.39 is 17.7 Å². The first-order valence-corrected chi connectivity index (χ1v) is 8.66. The maximum Gasteiger partial charge on any atom is 0.408 e. The standard InChI is InChI=1S/C21H26N2O3/c1-16(22-20(25)26-21(2,3)4)19(24)23(18-13-9-6-10-14-18)15-17-11-7-5-8-12-17/h5-14,16H,15H2,1-4H3,(H,22,25). The van der Waals surface area contributed by atoms with Gasteiger partial charge in [-0.2, -0.15) is 0 Å². The molecule has 0 saturated carbocycles. The van der Waals surface area contributed by atoms with Gasteiger partial charge in [-0.3, -0.25) is 4.79 Å². The van der Waals surface area contributed by atoms with Crippen LogP contribution in [0.3, 0.4) is 0 Å². The van der Waals surface area contributed by atoms with E-state index in [0.717, 1.165) is 11.3 Å². The number of benzene rings is 2. The van der Waals surface area contributed by atoms with Crippen molar-refractivity contribution in [2.75, 3.05) is 4.90 Å². The Balaban J connectivity index is 2.16. The maximum atomic E-state index is 13.0. The summed E-state index contributed by atoms with van der Waals surface area (Å²) in [5.41, 5.74) is 1.17. The molecular weight excluding hydrogens is 328 g/mol. The molecule has 0 aromatic heterocycles. The molecule has 0 saturated heterocycles. The minimum Gasteiger partial charge on any atom is -0.444 e. The highest BCUT2D eigenvalue weighted by Crippen LogP contribution is 2.18. The molecule has 0 aliphatic heterocycles. The Bertz CT molecular complexity index is 724. The highest BCUT2D eigenvalue weighted by Gasteiger charge is 2.25. The van der Waals surface area contributed by atoms with Crippen LogP contribution in [0.2, 0.25) is 0 Å². The summed E-state index contributed by atoms with van der Waals surface area (Å²) in [4.78, 5) is 26.7. The topological polar surface area (TPSA) is 58.6 Å². The molecule has 1 N–H and O–H groups in total. The lowest BCUT2D eigenvalue weighted by molar-refractivity contribution is -0.120. The summed E-state index contributed by atoms with van der Waals surface area (Å²) in [5, 5.41) is 2.62. The largest absolute Gasteiger partial charge is 0.444 e. The Morgan fingerprint density at radius 3 is 2.08 bits per heavy atom. The lowest BCUT2D eigenvalue weighted by atomic mass is 10.1. The SMILES string of the molecule is CC(NC(=O)OC(C)(C)C)C(=O)N(Cc1ccccc1)c1ccccc1. The third-order valence-electron chi connectivity index (χ3n) is 3.62. The molecule has 138 valence electrons. The number of para-hydroxylation sites is 1. The molecule has 2 amide bonds.